The van der Waals surface area contributed by atoms with Crippen LogP contribution in [0.15, 0.2) is 21.7 Å². The average Bonchev–Trinajstić information content (AvgIpc) is 3.23. The molecule has 2 bridgehead atoms. The van der Waals surface area contributed by atoms with Crippen LogP contribution in [0, 0.1) is 17.8 Å². The zero-order chi connectivity index (χ0) is 16.6. The summed E-state index contributed by atoms with van der Waals surface area (Å²) in [7, 11) is -2.11. The summed E-state index contributed by atoms with van der Waals surface area (Å²) < 4.78 is 26.1. The lowest BCUT2D eigenvalue weighted by atomic mass is 9.84. The van der Waals surface area contributed by atoms with E-state index < -0.39 is 10.0 Å². The van der Waals surface area contributed by atoms with Crippen molar-refractivity contribution in [3.63, 3.8) is 0 Å². The highest BCUT2D eigenvalue weighted by atomic mass is 32.2. The molecule has 2 saturated carbocycles. The molecule has 0 spiro atoms. The van der Waals surface area contributed by atoms with E-state index in [2.05, 4.69) is 12.2 Å². The number of rotatable bonds is 6. The van der Waals surface area contributed by atoms with Gasteiger partial charge in [0.1, 0.15) is 4.21 Å². The van der Waals surface area contributed by atoms with Gasteiger partial charge in [-0.2, -0.15) is 4.31 Å². The van der Waals surface area contributed by atoms with Gasteiger partial charge >= 0.3 is 0 Å². The van der Waals surface area contributed by atoms with Crippen LogP contribution in [0.3, 0.4) is 0 Å². The first-order valence-corrected chi connectivity index (χ1v) is 10.5. The predicted molar refractivity (Wildman–Crippen MR) is 90.7 cm³/mol. The first-order valence-electron chi connectivity index (χ1n) is 8.17. The van der Waals surface area contributed by atoms with E-state index in [4.69, 9.17) is 0 Å². The zero-order valence-electron chi connectivity index (χ0n) is 13.6. The standard InChI is InChI=1S/C16H24N2O3S2/c1-11(14-9-12-5-6-13(14)8-12)17-15(19)10-18(2)23(20,21)16-4-3-7-22-16/h3-4,7,11-14H,5-6,8-10H2,1-2H3,(H,17,19)/t11-,12-,13-,14+/m0/s1. The fraction of sp³-hybridized carbons (Fsp3) is 0.688. The summed E-state index contributed by atoms with van der Waals surface area (Å²) in [4.78, 5) is 12.2. The lowest BCUT2D eigenvalue weighted by Gasteiger charge is -2.29. The Labute approximate surface area is 142 Å². The maximum atomic E-state index is 12.3. The number of hydrogen-bond donors (Lipinski definition) is 1. The largest absolute Gasteiger partial charge is 0.352 e. The molecule has 0 aliphatic heterocycles. The van der Waals surface area contributed by atoms with Crippen molar-refractivity contribution in [3.05, 3.63) is 17.5 Å². The summed E-state index contributed by atoms with van der Waals surface area (Å²) in [6, 6.07) is 3.38. The molecule has 2 aliphatic rings. The molecule has 7 heteroatoms. The van der Waals surface area contributed by atoms with E-state index in [-0.39, 0.29) is 22.7 Å². The van der Waals surface area contributed by atoms with E-state index in [1.807, 2.05) is 0 Å². The van der Waals surface area contributed by atoms with Gasteiger partial charge < -0.3 is 5.32 Å². The number of nitrogens with one attached hydrogen (secondary N) is 1. The molecule has 128 valence electrons. The van der Waals surface area contributed by atoms with Crippen molar-refractivity contribution in [2.75, 3.05) is 13.6 Å². The topological polar surface area (TPSA) is 66.5 Å². The molecule has 0 aromatic carbocycles. The second-order valence-corrected chi connectivity index (χ2v) is 10.1. The molecule has 1 aromatic rings. The third kappa shape index (κ3) is 3.46. The molecule has 4 atom stereocenters. The molecule has 1 aromatic heterocycles. The number of carbonyl (C=O) groups excluding carboxylic acids is 1. The lowest BCUT2D eigenvalue weighted by Crippen LogP contribution is -2.45. The second-order valence-electron chi connectivity index (χ2n) is 6.89. The Morgan fingerprint density at radius 3 is 2.78 bits per heavy atom. The van der Waals surface area contributed by atoms with Gasteiger partial charge in [0.2, 0.25) is 5.91 Å². The van der Waals surface area contributed by atoms with Crippen LogP contribution >= 0.6 is 11.3 Å². The quantitative estimate of drug-likeness (QED) is 0.850. The lowest BCUT2D eigenvalue weighted by molar-refractivity contribution is -0.122. The van der Waals surface area contributed by atoms with Gasteiger partial charge in [-0.05, 0) is 55.4 Å². The number of hydrogen-bond acceptors (Lipinski definition) is 4. The highest BCUT2D eigenvalue weighted by molar-refractivity contribution is 7.91. The predicted octanol–water partition coefficient (Wildman–Crippen LogP) is 2.31. The van der Waals surface area contributed by atoms with Crippen LogP contribution in [-0.2, 0) is 14.8 Å². The number of amides is 1. The van der Waals surface area contributed by atoms with Gasteiger partial charge in [-0.25, -0.2) is 8.42 Å². The van der Waals surface area contributed by atoms with Crippen LogP contribution in [0.5, 0.6) is 0 Å². The molecule has 5 nitrogen and oxygen atoms in total. The van der Waals surface area contributed by atoms with Crippen LogP contribution < -0.4 is 5.32 Å². The minimum absolute atomic E-state index is 0.121. The smallest absolute Gasteiger partial charge is 0.252 e. The Morgan fingerprint density at radius 2 is 2.22 bits per heavy atom. The molecule has 3 rings (SSSR count). The number of fused-ring (bicyclic) bond motifs is 2. The van der Waals surface area contributed by atoms with Gasteiger partial charge in [-0.3, -0.25) is 4.79 Å². The van der Waals surface area contributed by atoms with E-state index in [0.29, 0.717) is 5.92 Å². The van der Waals surface area contributed by atoms with Crippen LogP contribution in [0.4, 0.5) is 0 Å². The average molecular weight is 357 g/mol. The van der Waals surface area contributed by atoms with Crippen molar-refractivity contribution in [2.24, 2.45) is 17.8 Å². The number of nitrogens with zero attached hydrogens (tertiary/aromatic N) is 1. The molecule has 1 amide bonds. The zero-order valence-corrected chi connectivity index (χ0v) is 15.2. The van der Waals surface area contributed by atoms with E-state index in [1.165, 1.54) is 44.1 Å². The molecule has 0 radical (unpaired) electrons. The monoisotopic (exact) mass is 356 g/mol. The first-order chi connectivity index (χ1) is 10.9. The molecular weight excluding hydrogens is 332 g/mol. The van der Waals surface area contributed by atoms with Crippen molar-refractivity contribution in [2.45, 2.75) is 42.9 Å². The maximum Gasteiger partial charge on any atom is 0.252 e. The van der Waals surface area contributed by atoms with Crippen LogP contribution in [-0.4, -0.2) is 38.3 Å². The summed E-state index contributed by atoms with van der Waals surface area (Å²) in [5.41, 5.74) is 0. The molecule has 0 unspecified atom stereocenters. The Hall–Kier alpha value is -0.920. The SMILES string of the molecule is C[C@H](NC(=O)CN(C)S(=O)(=O)c1cccs1)[C@H]1C[C@H]2CC[C@H]1C2. The van der Waals surface area contributed by atoms with Crippen LogP contribution in [0.25, 0.3) is 0 Å². The fourth-order valence-electron chi connectivity index (χ4n) is 4.16. The van der Waals surface area contributed by atoms with E-state index in [9.17, 15) is 13.2 Å². The van der Waals surface area contributed by atoms with Gasteiger partial charge in [0.15, 0.2) is 0 Å². The summed E-state index contributed by atoms with van der Waals surface area (Å²) >= 11 is 1.17. The van der Waals surface area contributed by atoms with Crippen molar-refractivity contribution in [1.29, 1.82) is 0 Å². The van der Waals surface area contributed by atoms with E-state index in [0.717, 1.165) is 16.1 Å². The molecule has 1 N–H and O–H groups in total. The summed E-state index contributed by atoms with van der Waals surface area (Å²) in [5.74, 6) is 1.91. The van der Waals surface area contributed by atoms with Crippen LogP contribution in [0.1, 0.15) is 32.6 Å². The fourth-order valence-corrected chi connectivity index (χ4v) is 6.49. The first kappa shape index (κ1) is 16.9. The van der Waals surface area contributed by atoms with Gasteiger partial charge in [-0.1, -0.05) is 12.5 Å². The number of carbonyl (C=O) groups is 1. The normalized spacial score (nSPS) is 28.2. The maximum absolute atomic E-state index is 12.3. The Balaban J connectivity index is 1.55. The summed E-state index contributed by atoms with van der Waals surface area (Å²) in [5, 5.41) is 4.73. The van der Waals surface area contributed by atoms with E-state index in [1.54, 1.807) is 17.5 Å². The van der Waals surface area contributed by atoms with Gasteiger partial charge in [-0.15, -0.1) is 11.3 Å². The van der Waals surface area contributed by atoms with Crippen molar-refractivity contribution in [1.82, 2.24) is 9.62 Å². The second kappa shape index (κ2) is 6.53. The van der Waals surface area contributed by atoms with E-state index >= 15 is 0 Å². The van der Waals surface area contributed by atoms with Crippen molar-refractivity contribution < 1.29 is 13.2 Å². The molecule has 0 saturated heterocycles. The minimum atomic E-state index is -3.56. The highest BCUT2D eigenvalue weighted by Gasteiger charge is 2.42. The molecular formula is C16H24N2O3S2. The highest BCUT2D eigenvalue weighted by Crippen LogP contribution is 2.49. The molecule has 2 fully saturated rings. The van der Waals surface area contributed by atoms with Crippen molar-refractivity contribution in [3.8, 4) is 0 Å². The number of sulfonamides is 1. The molecule has 23 heavy (non-hydrogen) atoms. The number of thiophene rings is 1. The molecule has 1 heterocycles. The Kier molecular flexibility index (Phi) is 4.80. The summed E-state index contributed by atoms with van der Waals surface area (Å²) in [6.45, 7) is 1.92. The van der Waals surface area contributed by atoms with Crippen LogP contribution in [0.2, 0.25) is 0 Å². The number of likely N-dealkylation sites (N-methyl/N-ethyl adjacent to an activating group) is 1. The van der Waals surface area contributed by atoms with Gasteiger partial charge in [0.25, 0.3) is 10.0 Å². The summed E-state index contributed by atoms with van der Waals surface area (Å²) in [6.07, 6.45) is 5.12. The van der Waals surface area contributed by atoms with Crippen molar-refractivity contribution >= 4 is 27.3 Å². The Bertz CT molecular complexity index is 657. The van der Waals surface area contributed by atoms with Gasteiger partial charge in [0, 0.05) is 13.1 Å². The van der Waals surface area contributed by atoms with Gasteiger partial charge in [0.05, 0.1) is 6.54 Å². The minimum Gasteiger partial charge on any atom is -0.352 e. The third-order valence-corrected chi connectivity index (χ3v) is 8.53. The molecule has 2 aliphatic carbocycles. The third-order valence-electron chi connectivity index (χ3n) is 5.35. The Morgan fingerprint density at radius 1 is 1.43 bits per heavy atom.